The molecule has 3 nitrogen and oxygen atoms in total. The van der Waals surface area contributed by atoms with Crippen molar-refractivity contribution in [3.63, 3.8) is 0 Å². The molecule has 0 radical (unpaired) electrons. The number of alkyl halides is 2. The molecule has 1 heterocycles. The number of hydrogen-bond acceptors (Lipinski definition) is 2. The molecule has 1 aromatic rings. The van der Waals surface area contributed by atoms with E-state index in [1.165, 1.54) is 36.3 Å². The van der Waals surface area contributed by atoms with E-state index in [0.717, 1.165) is 13.0 Å². The van der Waals surface area contributed by atoms with Gasteiger partial charge in [0.25, 0.3) is 0 Å². The zero-order valence-electron chi connectivity index (χ0n) is 12.3. The summed E-state index contributed by atoms with van der Waals surface area (Å²) in [5.74, 6) is 0.146. The Morgan fingerprint density at radius 3 is 2.67 bits per heavy atom. The van der Waals surface area contributed by atoms with E-state index < -0.39 is 6.61 Å². The molecule has 0 aromatic heterocycles. The summed E-state index contributed by atoms with van der Waals surface area (Å²) in [4.78, 5) is 13.6. The molecule has 1 aromatic carbocycles. The molecule has 0 amide bonds. The molecule has 1 aliphatic heterocycles. The second kappa shape index (κ2) is 7.50. The molecule has 0 aliphatic carbocycles. The van der Waals surface area contributed by atoms with Crippen LogP contribution in [0.4, 0.5) is 8.78 Å². The van der Waals surface area contributed by atoms with Crippen molar-refractivity contribution in [2.24, 2.45) is 0 Å². The van der Waals surface area contributed by atoms with Crippen LogP contribution in [0, 0.1) is 0 Å². The Bertz CT molecular complexity index is 462. The number of benzene rings is 1. The molecule has 0 bridgehead atoms. The maximum Gasteiger partial charge on any atom is 0.387 e. The fraction of sp³-hybridized carbons (Fsp3) is 0.562. The number of rotatable bonds is 6. The van der Waals surface area contributed by atoms with Crippen molar-refractivity contribution in [3.05, 3.63) is 29.8 Å². The molecule has 1 N–H and O–H groups in total. The number of carbonyl (C=O) groups is 1. The zero-order chi connectivity index (χ0) is 15.2. The Morgan fingerprint density at radius 1 is 1.33 bits per heavy atom. The van der Waals surface area contributed by atoms with Crippen LogP contribution < -0.4 is 9.64 Å². The van der Waals surface area contributed by atoms with Gasteiger partial charge in [-0.05, 0) is 49.9 Å². The maximum absolute atomic E-state index is 12.3. The number of ketones is 1. The first-order chi connectivity index (χ1) is 10.1. The molecule has 1 aliphatic rings. The van der Waals surface area contributed by atoms with Gasteiger partial charge < -0.3 is 9.64 Å². The minimum absolute atomic E-state index is 0.0638. The zero-order valence-corrected chi connectivity index (χ0v) is 12.3. The number of likely N-dealkylation sites (tertiary alicyclic amines) is 1. The van der Waals surface area contributed by atoms with Gasteiger partial charge in [-0.25, -0.2) is 0 Å². The standard InChI is InChI=1S/C16H21F2NO2/c1-2-13-5-3-4-10-19(13)11-15(20)12-6-8-14(9-7-12)21-16(17)18/h6-9,13,16H,2-5,10-11H2,1H3/p+1/t13-/m0/s1. The lowest BCUT2D eigenvalue weighted by atomic mass is 9.99. The van der Waals surface area contributed by atoms with Crippen LogP contribution in [-0.2, 0) is 0 Å². The predicted molar refractivity (Wildman–Crippen MR) is 76.0 cm³/mol. The van der Waals surface area contributed by atoms with Gasteiger partial charge in [-0.2, -0.15) is 8.78 Å². The highest BCUT2D eigenvalue weighted by Gasteiger charge is 2.26. The first-order valence-electron chi connectivity index (χ1n) is 7.52. The van der Waals surface area contributed by atoms with E-state index in [0.29, 0.717) is 18.2 Å². The van der Waals surface area contributed by atoms with E-state index in [1.54, 1.807) is 12.1 Å². The molecule has 21 heavy (non-hydrogen) atoms. The van der Waals surface area contributed by atoms with E-state index in [-0.39, 0.29) is 11.5 Å². The van der Waals surface area contributed by atoms with Crippen LogP contribution in [0.3, 0.4) is 0 Å². The average Bonchev–Trinajstić information content (AvgIpc) is 2.48. The van der Waals surface area contributed by atoms with Crippen LogP contribution in [0.5, 0.6) is 5.75 Å². The highest BCUT2D eigenvalue weighted by atomic mass is 19.3. The van der Waals surface area contributed by atoms with Crippen molar-refractivity contribution >= 4 is 5.78 Å². The monoisotopic (exact) mass is 298 g/mol. The Hall–Kier alpha value is -1.49. The van der Waals surface area contributed by atoms with Crippen molar-refractivity contribution in [2.45, 2.75) is 45.3 Å². The number of carbonyl (C=O) groups excluding carboxylic acids is 1. The molecule has 0 spiro atoms. The Morgan fingerprint density at radius 2 is 2.05 bits per heavy atom. The smallest absolute Gasteiger partial charge is 0.387 e. The van der Waals surface area contributed by atoms with Gasteiger partial charge in [-0.15, -0.1) is 0 Å². The first-order valence-corrected chi connectivity index (χ1v) is 7.52. The minimum atomic E-state index is -2.84. The van der Waals surface area contributed by atoms with Crippen molar-refractivity contribution in [1.82, 2.24) is 0 Å². The van der Waals surface area contributed by atoms with Gasteiger partial charge in [0.05, 0.1) is 12.6 Å². The molecule has 2 atom stereocenters. The van der Waals surface area contributed by atoms with E-state index in [9.17, 15) is 13.6 Å². The average molecular weight is 298 g/mol. The number of nitrogens with one attached hydrogen (secondary N) is 1. The topological polar surface area (TPSA) is 30.7 Å². The summed E-state index contributed by atoms with van der Waals surface area (Å²) in [7, 11) is 0. The molecule has 116 valence electrons. The van der Waals surface area contributed by atoms with Gasteiger partial charge in [0.15, 0.2) is 0 Å². The summed E-state index contributed by atoms with van der Waals surface area (Å²) >= 11 is 0. The van der Waals surface area contributed by atoms with E-state index in [2.05, 4.69) is 11.7 Å². The summed E-state index contributed by atoms with van der Waals surface area (Å²) in [5.41, 5.74) is 0.560. The minimum Gasteiger partial charge on any atom is -0.435 e. The molecule has 5 heteroatoms. The molecule has 1 saturated heterocycles. The van der Waals surface area contributed by atoms with Crippen molar-refractivity contribution in [1.29, 1.82) is 0 Å². The lowest BCUT2D eigenvalue weighted by Crippen LogP contribution is -3.17. The fourth-order valence-electron chi connectivity index (χ4n) is 3.01. The van der Waals surface area contributed by atoms with Crippen molar-refractivity contribution in [3.8, 4) is 5.75 Å². The van der Waals surface area contributed by atoms with Gasteiger partial charge >= 0.3 is 6.61 Å². The van der Waals surface area contributed by atoms with E-state index in [4.69, 9.17) is 0 Å². The third-order valence-electron chi connectivity index (χ3n) is 4.16. The normalized spacial score (nSPS) is 22.3. The van der Waals surface area contributed by atoms with E-state index >= 15 is 0 Å². The summed E-state index contributed by atoms with van der Waals surface area (Å²) in [6.45, 7) is 0.844. The SMILES string of the molecule is CC[C@H]1CCCC[NH+]1CC(=O)c1ccc(OC(F)F)cc1. The van der Waals surface area contributed by atoms with E-state index in [1.807, 2.05) is 0 Å². The van der Waals surface area contributed by atoms with Gasteiger partial charge in [-0.1, -0.05) is 6.92 Å². The number of hydrogen-bond donors (Lipinski definition) is 1. The van der Waals surface area contributed by atoms with Gasteiger partial charge in [0.1, 0.15) is 12.3 Å². The molecule has 1 unspecified atom stereocenters. The quantitative estimate of drug-likeness (QED) is 0.817. The van der Waals surface area contributed by atoms with Crippen LogP contribution in [-0.4, -0.2) is 31.5 Å². The summed E-state index contributed by atoms with van der Waals surface area (Å²) in [6.07, 6.45) is 4.68. The highest BCUT2D eigenvalue weighted by Crippen LogP contribution is 2.15. The fourth-order valence-corrected chi connectivity index (χ4v) is 3.01. The van der Waals surface area contributed by atoms with Gasteiger partial charge in [-0.3, -0.25) is 4.79 Å². The van der Waals surface area contributed by atoms with Crippen LogP contribution in [0.2, 0.25) is 0 Å². The lowest BCUT2D eigenvalue weighted by molar-refractivity contribution is -0.922. The number of ether oxygens (including phenoxy) is 1. The van der Waals surface area contributed by atoms with Crippen LogP contribution in [0.15, 0.2) is 24.3 Å². The largest absolute Gasteiger partial charge is 0.435 e. The lowest BCUT2D eigenvalue weighted by Gasteiger charge is -2.31. The molecular weight excluding hydrogens is 276 g/mol. The maximum atomic E-state index is 12.3. The molecular formula is C16H22F2NO2+. The van der Waals surface area contributed by atoms with Crippen LogP contribution in [0.25, 0.3) is 0 Å². The van der Waals surface area contributed by atoms with Gasteiger partial charge in [0, 0.05) is 5.56 Å². The molecule has 0 saturated carbocycles. The Kier molecular flexibility index (Phi) is 5.67. The van der Waals surface area contributed by atoms with Crippen LogP contribution in [0.1, 0.15) is 43.0 Å². The molecule has 2 rings (SSSR count). The third kappa shape index (κ3) is 4.49. The second-order valence-corrected chi connectivity index (χ2v) is 5.51. The first kappa shape index (κ1) is 15.9. The van der Waals surface area contributed by atoms with Crippen LogP contribution >= 0.6 is 0 Å². The third-order valence-corrected chi connectivity index (χ3v) is 4.16. The highest BCUT2D eigenvalue weighted by molar-refractivity contribution is 5.96. The second-order valence-electron chi connectivity index (χ2n) is 5.51. The number of piperidine rings is 1. The van der Waals surface area contributed by atoms with Gasteiger partial charge in [0.2, 0.25) is 5.78 Å². The predicted octanol–water partition coefficient (Wildman–Crippen LogP) is 2.32. The Labute approximate surface area is 123 Å². The summed E-state index contributed by atoms with van der Waals surface area (Å²) in [5, 5.41) is 0. The molecule has 1 fully saturated rings. The number of halogens is 2. The number of quaternary nitrogens is 1. The summed E-state index contributed by atoms with van der Waals surface area (Å²) < 4.78 is 28.4. The Balaban J connectivity index is 1.96. The number of Topliss-reactive ketones (excluding diaryl/α,β-unsaturated/α-hetero) is 1. The van der Waals surface area contributed by atoms with Crippen molar-refractivity contribution in [2.75, 3.05) is 13.1 Å². The summed E-state index contributed by atoms with van der Waals surface area (Å²) in [6, 6.07) is 6.52. The van der Waals surface area contributed by atoms with Crippen molar-refractivity contribution < 1.29 is 23.2 Å².